The fourth-order valence-electron chi connectivity index (χ4n) is 3.86. The molecule has 3 aromatic carbocycles. The summed E-state index contributed by atoms with van der Waals surface area (Å²) < 4.78 is 0. The maximum Gasteiger partial charge on any atom is 0.258 e. The van der Waals surface area contributed by atoms with Crippen molar-refractivity contribution in [1.82, 2.24) is 14.9 Å². The Morgan fingerprint density at radius 3 is 2.29 bits per heavy atom. The van der Waals surface area contributed by atoms with Crippen molar-refractivity contribution in [2.75, 3.05) is 6.54 Å². The zero-order valence-electron chi connectivity index (χ0n) is 17.5. The van der Waals surface area contributed by atoms with Crippen LogP contribution >= 0.6 is 0 Å². The first-order valence-corrected chi connectivity index (χ1v) is 10.6. The predicted molar refractivity (Wildman–Crippen MR) is 123 cm³/mol. The monoisotopic (exact) mass is 411 g/mol. The van der Waals surface area contributed by atoms with Gasteiger partial charge in [0.15, 0.2) is 0 Å². The molecule has 1 N–H and O–H groups in total. The van der Waals surface area contributed by atoms with Gasteiger partial charge in [0.05, 0.1) is 16.9 Å². The number of carbonyl (C=O) groups excluding carboxylic acids is 1. The van der Waals surface area contributed by atoms with Crippen molar-refractivity contribution in [2.45, 2.75) is 25.8 Å². The largest absolute Gasteiger partial charge is 0.328 e. The molecule has 0 aliphatic heterocycles. The van der Waals surface area contributed by atoms with Crippen LogP contribution in [0.25, 0.3) is 10.9 Å². The quantitative estimate of drug-likeness (QED) is 0.477. The minimum absolute atomic E-state index is 0.0702. The van der Waals surface area contributed by atoms with E-state index in [0.29, 0.717) is 41.7 Å². The van der Waals surface area contributed by atoms with Crippen LogP contribution in [-0.2, 0) is 6.42 Å². The van der Waals surface area contributed by atoms with Crippen molar-refractivity contribution in [3.05, 3.63) is 112 Å². The molecule has 0 bridgehead atoms. The third kappa shape index (κ3) is 4.56. The number of hydrogen-bond acceptors (Lipinski definition) is 3. The van der Waals surface area contributed by atoms with Crippen LogP contribution in [0.1, 0.15) is 41.1 Å². The lowest BCUT2D eigenvalue weighted by Gasteiger charge is -2.31. The Labute approximate surface area is 181 Å². The molecule has 4 aromatic rings. The highest BCUT2D eigenvalue weighted by molar-refractivity contribution is 5.94. The smallest absolute Gasteiger partial charge is 0.258 e. The molecule has 0 saturated heterocycles. The molecule has 5 nitrogen and oxygen atoms in total. The zero-order valence-corrected chi connectivity index (χ0v) is 17.5. The van der Waals surface area contributed by atoms with Crippen LogP contribution in [0.4, 0.5) is 0 Å². The van der Waals surface area contributed by atoms with Crippen LogP contribution in [0.3, 0.4) is 0 Å². The van der Waals surface area contributed by atoms with Gasteiger partial charge in [-0.1, -0.05) is 67.6 Å². The molecular weight excluding hydrogens is 386 g/mol. The van der Waals surface area contributed by atoms with Crippen LogP contribution in [0.5, 0.6) is 0 Å². The fraction of sp³-hybridized carbons (Fsp3) is 0.192. The summed E-state index contributed by atoms with van der Waals surface area (Å²) in [6.45, 7) is 2.53. The Morgan fingerprint density at radius 1 is 0.935 bits per heavy atom. The molecule has 0 aliphatic carbocycles. The molecule has 0 fully saturated rings. The molecule has 1 heterocycles. The highest BCUT2D eigenvalue weighted by Crippen LogP contribution is 2.24. The van der Waals surface area contributed by atoms with Gasteiger partial charge in [-0.05, 0) is 42.7 Å². The van der Waals surface area contributed by atoms with Gasteiger partial charge in [-0.3, -0.25) is 9.59 Å². The van der Waals surface area contributed by atoms with Crippen molar-refractivity contribution < 1.29 is 4.79 Å². The van der Waals surface area contributed by atoms with Gasteiger partial charge in [0.2, 0.25) is 0 Å². The molecule has 1 atom stereocenters. The summed E-state index contributed by atoms with van der Waals surface area (Å²) in [6.07, 6.45) is 1.35. The maximum atomic E-state index is 13.5. The van der Waals surface area contributed by atoms with Crippen molar-refractivity contribution in [2.24, 2.45) is 0 Å². The van der Waals surface area contributed by atoms with E-state index in [0.717, 1.165) is 5.56 Å². The third-order valence-electron chi connectivity index (χ3n) is 5.48. The van der Waals surface area contributed by atoms with Gasteiger partial charge in [-0.15, -0.1) is 0 Å². The van der Waals surface area contributed by atoms with E-state index in [1.165, 1.54) is 0 Å². The minimum Gasteiger partial charge on any atom is -0.328 e. The number of fused-ring (bicyclic) bond motifs is 1. The standard InChI is InChI=1S/C26H25N3O2/c1-2-23(24-27-22-16-10-9-15-21(22)25(30)28-24)29(18-17-19-11-5-3-6-12-19)26(31)20-13-7-4-8-14-20/h3-16,23H,2,17-18H2,1H3,(H,27,28,30)/t23-/m1/s1. The number of H-pyrrole nitrogens is 1. The molecule has 1 amide bonds. The third-order valence-corrected chi connectivity index (χ3v) is 5.48. The number of carbonyl (C=O) groups is 1. The van der Waals surface area contributed by atoms with E-state index < -0.39 is 0 Å². The number of aromatic nitrogens is 2. The lowest BCUT2D eigenvalue weighted by molar-refractivity contribution is 0.0664. The summed E-state index contributed by atoms with van der Waals surface area (Å²) in [5, 5.41) is 0.548. The topological polar surface area (TPSA) is 66.1 Å². The number of para-hydroxylation sites is 1. The zero-order chi connectivity index (χ0) is 21.6. The lowest BCUT2D eigenvalue weighted by atomic mass is 10.1. The van der Waals surface area contributed by atoms with E-state index in [4.69, 9.17) is 4.98 Å². The molecule has 0 radical (unpaired) electrons. The highest BCUT2D eigenvalue weighted by atomic mass is 16.2. The molecule has 156 valence electrons. The molecule has 5 heteroatoms. The summed E-state index contributed by atoms with van der Waals surface area (Å²) >= 11 is 0. The normalized spacial score (nSPS) is 11.9. The van der Waals surface area contributed by atoms with Crippen molar-refractivity contribution in [3.8, 4) is 0 Å². The first kappa shape index (κ1) is 20.5. The van der Waals surface area contributed by atoms with Crippen molar-refractivity contribution >= 4 is 16.8 Å². The van der Waals surface area contributed by atoms with Crippen LogP contribution in [0, 0.1) is 0 Å². The first-order valence-electron chi connectivity index (χ1n) is 10.6. The van der Waals surface area contributed by atoms with E-state index >= 15 is 0 Å². The van der Waals surface area contributed by atoms with Crippen molar-refractivity contribution in [3.63, 3.8) is 0 Å². The summed E-state index contributed by atoms with van der Waals surface area (Å²) in [4.78, 5) is 35.6. The Bertz CT molecular complexity index is 1220. The lowest BCUT2D eigenvalue weighted by Crippen LogP contribution is -2.38. The van der Waals surface area contributed by atoms with E-state index in [-0.39, 0.29) is 17.5 Å². The van der Waals surface area contributed by atoms with E-state index in [1.54, 1.807) is 6.07 Å². The van der Waals surface area contributed by atoms with Gasteiger partial charge in [0, 0.05) is 12.1 Å². The van der Waals surface area contributed by atoms with Gasteiger partial charge >= 0.3 is 0 Å². The number of hydrogen-bond donors (Lipinski definition) is 1. The van der Waals surface area contributed by atoms with E-state index in [9.17, 15) is 9.59 Å². The summed E-state index contributed by atoms with van der Waals surface area (Å²) in [5.74, 6) is 0.447. The summed E-state index contributed by atoms with van der Waals surface area (Å²) in [5.41, 5.74) is 2.23. The Morgan fingerprint density at radius 2 is 1.58 bits per heavy atom. The molecule has 0 spiro atoms. The molecule has 0 saturated carbocycles. The Balaban J connectivity index is 1.73. The number of aromatic amines is 1. The molecule has 31 heavy (non-hydrogen) atoms. The number of rotatable bonds is 7. The average molecular weight is 412 g/mol. The second-order valence-corrected chi connectivity index (χ2v) is 7.49. The molecule has 0 unspecified atom stereocenters. The van der Waals surface area contributed by atoms with Gasteiger partial charge in [-0.25, -0.2) is 4.98 Å². The van der Waals surface area contributed by atoms with Gasteiger partial charge in [0.1, 0.15) is 5.82 Å². The Hall–Kier alpha value is -3.73. The molecule has 4 rings (SSSR count). The van der Waals surface area contributed by atoms with Gasteiger partial charge in [0.25, 0.3) is 11.5 Å². The fourth-order valence-corrected chi connectivity index (χ4v) is 3.86. The second-order valence-electron chi connectivity index (χ2n) is 7.49. The van der Waals surface area contributed by atoms with E-state index in [1.807, 2.05) is 78.6 Å². The average Bonchev–Trinajstić information content (AvgIpc) is 2.82. The van der Waals surface area contributed by atoms with Gasteiger partial charge in [-0.2, -0.15) is 0 Å². The highest BCUT2D eigenvalue weighted by Gasteiger charge is 2.27. The number of benzene rings is 3. The SMILES string of the molecule is CC[C@H](c1nc2ccccc2c(=O)[nH]1)N(CCc1ccccc1)C(=O)c1ccccc1. The Kier molecular flexibility index (Phi) is 6.22. The number of amides is 1. The van der Waals surface area contributed by atoms with E-state index in [2.05, 4.69) is 17.1 Å². The molecule has 0 aliphatic rings. The summed E-state index contributed by atoms with van der Waals surface area (Å²) in [7, 11) is 0. The molecular formula is C26H25N3O2. The van der Waals surface area contributed by atoms with Crippen LogP contribution < -0.4 is 5.56 Å². The summed E-state index contributed by atoms with van der Waals surface area (Å²) in [6, 6.07) is 26.3. The van der Waals surface area contributed by atoms with Gasteiger partial charge < -0.3 is 9.88 Å². The van der Waals surface area contributed by atoms with Crippen LogP contribution in [0.15, 0.2) is 89.7 Å². The predicted octanol–water partition coefficient (Wildman–Crippen LogP) is 4.76. The van der Waals surface area contributed by atoms with Crippen LogP contribution in [0.2, 0.25) is 0 Å². The molecule has 1 aromatic heterocycles. The van der Waals surface area contributed by atoms with Crippen molar-refractivity contribution in [1.29, 1.82) is 0 Å². The second kappa shape index (κ2) is 9.39. The van der Waals surface area contributed by atoms with Crippen LogP contribution in [-0.4, -0.2) is 27.3 Å². The minimum atomic E-state index is -0.339. The first-order chi connectivity index (χ1) is 15.2. The number of nitrogens with one attached hydrogen (secondary N) is 1. The number of nitrogens with zero attached hydrogens (tertiary/aromatic N) is 2. The maximum absolute atomic E-state index is 13.5.